The average molecular weight is 347 g/mol. The Hall–Kier alpha value is -3.88. The van der Waals surface area contributed by atoms with Gasteiger partial charge in [-0.25, -0.2) is 15.0 Å². The van der Waals surface area contributed by atoms with Crippen molar-refractivity contribution >= 4 is 22.5 Å². The quantitative estimate of drug-likeness (QED) is 0.436. The van der Waals surface area contributed by atoms with E-state index in [1.807, 2.05) is 30.3 Å². The van der Waals surface area contributed by atoms with Crippen molar-refractivity contribution in [2.24, 2.45) is 0 Å². The van der Waals surface area contributed by atoms with Crippen LogP contribution in [0.1, 0.15) is 5.56 Å². The number of rotatable bonds is 5. The van der Waals surface area contributed by atoms with Crippen molar-refractivity contribution in [1.82, 2.24) is 24.5 Å². The van der Waals surface area contributed by atoms with Gasteiger partial charge in [0.2, 0.25) is 11.6 Å². The molecule has 1 N–H and O–H groups in total. The molecule has 0 unspecified atom stereocenters. The summed E-state index contributed by atoms with van der Waals surface area (Å²) in [7, 11) is 0. The molecular weight excluding hydrogens is 334 g/mol. The zero-order chi connectivity index (χ0) is 17.9. The minimum atomic E-state index is -0.490. The molecule has 4 aromatic rings. The minimum absolute atomic E-state index is 0.140. The Balaban J connectivity index is 1.77. The number of para-hydroxylation sites is 2. The molecule has 0 aliphatic carbocycles. The average Bonchev–Trinajstić information content (AvgIpc) is 3.10. The molecule has 0 fully saturated rings. The molecule has 9 nitrogen and oxygen atoms in total. The van der Waals surface area contributed by atoms with Crippen LogP contribution in [0.3, 0.4) is 0 Å². The van der Waals surface area contributed by atoms with Gasteiger partial charge in [-0.3, -0.25) is 19.7 Å². The Morgan fingerprint density at radius 2 is 2.00 bits per heavy atom. The van der Waals surface area contributed by atoms with E-state index in [9.17, 15) is 10.1 Å². The van der Waals surface area contributed by atoms with E-state index in [1.54, 1.807) is 23.0 Å². The maximum absolute atomic E-state index is 11.7. The number of nitro groups is 1. The summed E-state index contributed by atoms with van der Waals surface area (Å²) >= 11 is 0. The second-order valence-electron chi connectivity index (χ2n) is 5.47. The van der Waals surface area contributed by atoms with Gasteiger partial charge in [0.05, 0.1) is 16.0 Å². The van der Waals surface area contributed by atoms with Crippen LogP contribution in [0.5, 0.6) is 0 Å². The number of benzene rings is 1. The number of hydrogen-bond acceptors (Lipinski definition) is 7. The molecule has 26 heavy (non-hydrogen) atoms. The molecular formula is C17H13N7O2. The molecule has 128 valence electrons. The fraction of sp³-hybridized carbons (Fsp3) is 0.0588. The minimum Gasteiger partial charge on any atom is -0.360 e. The molecule has 0 aliphatic rings. The second kappa shape index (κ2) is 6.55. The van der Waals surface area contributed by atoms with Crippen molar-refractivity contribution in [3.63, 3.8) is 0 Å². The highest BCUT2D eigenvalue weighted by atomic mass is 16.6. The summed E-state index contributed by atoms with van der Waals surface area (Å²) in [5.41, 5.74) is 2.13. The fourth-order valence-corrected chi connectivity index (χ4v) is 2.66. The van der Waals surface area contributed by atoms with Gasteiger partial charge in [0.15, 0.2) is 0 Å². The van der Waals surface area contributed by atoms with E-state index in [2.05, 4.69) is 25.3 Å². The Labute approximate surface area is 147 Å². The van der Waals surface area contributed by atoms with Crippen molar-refractivity contribution in [3.05, 3.63) is 77.1 Å². The van der Waals surface area contributed by atoms with E-state index in [1.165, 1.54) is 12.7 Å². The lowest BCUT2D eigenvalue weighted by Crippen LogP contribution is -2.09. The molecule has 9 heteroatoms. The van der Waals surface area contributed by atoms with Gasteiger partial charge in [-0.15, -0.1) is 0 Å². The summed E-state index contributed by atoms with van der Waals surface area (Å²) < 4.78 is 1.59. The predicted octanol–water partition coefficient (Wildman–Crippen LogP) is 2.73. The van der Waals surface area contributed by atoms with Gasteiger partial charge in [-0.1, -0.05) is 18.2 Å². The Kier molecular flexibility index (Phi) is 3.94. The van der Waals surface area contributed by atoms with E-state index < -0.39 is 4.92 Å². The van der Waals surface area contributed by atoms with Gasteiger partial charge in [-0.2, -0.15) is 0 Å². The number of pyridine rings is 1. The summed E-state index contributed by atoms with van der Waals surface area (Å²) in [6, 6.07) is 11.0. The standard InChI is InChI=1S/C17H13N7O2/c25-24(26)15-16(19-9-12-4-3-7-18-8-12)20-10-21-17(15)23-11-22-13-5-1-2-6-14(13)23/h1-8,10-11H,9H2,(H,19,20,21). The number of nitrogens with zero attached hydrogens (tertiary/aromatic N) is 6. The molecule has 4 rings (SSSR count). The third kappa shape index (κ3) is 2.81. The molecule has 0 spiro atoms. The number of imidazole rings is 1. The molecule has 0 atom stereocenters. The third-order valence-corrected chi connectivity index (χ3v) is 3.85. The van der Waals surface area contributed by atoms with Gasteiger partial charge >= 0.3 is 5.69 Å². The molecule has 0 saturated carbocycles. The Morgan fingerprint density at radius 3 is 2.81 bits per heavy atom. The first-order chi connectivity index (χ1) is 12.7. The van der Waals surface area contributed by atoms with E-state index >= 15 is 0 Å². The fourth-order valence-electron chi connectivity index (χ4n) is 2.66. The first-order valence-corrected chi connectivity index (χ1v) is 7.78. The van der Waals surface area contributed by atoms with Crippen LogP contribution >= 0.6 is 0 Å². The maximum Gasteiger partial charge on any atom is 0.354 e. The maximum atomic E-state index is 11.7. The molecule has 1 aromatic carbocycles. The summed E-state index contributed by atoms with van der Waals surface area (Å²) in [5, 5.41) is 14.7. The Morgan fingerprint density at radius 1 is 1.12 bits per heavy atom. The summed E-state index contributed by atoms with van der Waals surface area (Å²) in [5.74, 6) is 0.300. The molecule has 0 bridgehead atoms. The van der Waals surface area contributed by atoms with E-state index in [4.69, 9.17) is 0 Å². The van der Waals surface area contributed by atoms with Crippen LogP contribution in [0.15, 0.2) is 61.4 Å². The zero-order valence-corrected chi connectivity index (χ0v) is 13.5. The van der Waals surface area contributed by atoms with Gasteiger partial charge in [0.25, 0.3) is 0 Å². The summed E-state index contributed by atoms with van der Waals surface area (Å²) in [6.07, 6.45) is 6.16. The van der Waals surface area contributed by atoms with E-state index in [0.29, 0.717) is 6.54 Å². The van der Waals surface area contributed by atoms with Gasteiger partial charge in [0.1, 0.15) is 12.7 Å². The highest BCUT2D eigenvalue weighted by Crippen LogP contribution is 2.30. The van der Waals surface area contributed by atoms with Gasteiger partial charge < -0.3 is 5.32 Å². The number of anilines is 1. The molecule has 0 aliphatic heterocycles. The van der Waals surface area contributed by atoms with Crippen LogP contribution < -0.4 is 5.32 Å². The monoisotopic (exact) mass is 347 g/mol. The van der Waals surface area contributed by atoms with Crippen LogP contribution in [0, 0.1) is 10.1 Å². The lowest BCUT2D eigenvalue weighted by atomic mass is 10.3. The number of nitrogens with one attached hydrogen (secondary N) is 1. The van der Waals surface area contributed by atoms with E-state index in [0.717, 1.165) is 16.6 Å². The first-order valence-electron chi connectivity index (χ1n) is 7.78. The SMILES string of the molecule is O=[N+]([O-])c1c(NCc2cccnc2)ncnc1-n1cnc2ccccc21. The zero-order valence-electron chi connectivity index (χ0n) is 13.5. The van der Waals surface area contributed by atoms with Crippen LogP contribution in [0.4, 0.5) is 11.5 Å². The van der Waals surface area contributed by atoms with Crippen LogP contribution in [0.2, 0.25) is 0 Å². The molecule has 3 heterocycles. The smallest absolute Gasteiger partial charge is 0.354 e. The highest BCUT2D eigenvalue weighted by Gasteiger charge is 2.25. The molecule has 3 aromatic heterocycles. The topological polar surface area (TPSA) is 112 Å². The van der Waals surface area contributed by atoms with Crippen molar-refractivity contribution in [3.8, 4) is 5.82 Å². The summed E-state index contributed by atoms with van der Waals surface area (Å²) in [6.45, 7) is 0.357. The highest BCUT2D eigenvalue weighted by molar-refractivity contribution is 5.79. The van der Waals surface area contributed by atoms with Crippen LogP contribution in [-0.2, 0) is 6.54 Å². The van der Waals surface area contributed by atoms with Crippen molar-refractivity contribution in [2.45, 2.75) is 6.54 Å². The largest absolute Gasteiger partial charge is 0.360 e. The normalized spacial score (nSPS) is 10.8. The lowest BCUT2D eigenvalue weighted by Gasteiger charge is -2.09. The van der Waals surface area contributed by atoms with E-state index in [-0.39, 0.29) is 17.3 Å². The molecule has 0 saturated heterocycles. The second-order valence-corrected chi connectivity index (χ2v) is 5.47. The van der Waals surface area contributed by atoms with Gasteiger partial charge in [-0.05, 0) is 23.8 Å². The first kappa shape index (κ1) is 15.6. The Bertz CT molecular complexity index is 1080. The summed E-state index contributed by atoms with van der Waals surface area (Å²) in [4.78, 5) is 27.7. The van der Waals surface area contributed by atoms with Crippen LogP contribution in [-0.4, -0.2) is 29.4 Å². The molecule has 0 radical (unpaired) electrons. The number of hydrogen-bond donors (Lipinski definition) is 1. The van der Waals surface area contributed by atoms with Crippen LogP contribution in [0.25, 0.3) is 16.9 Å². The predicted molar refractivity (Wildman–Crippen MR) is 94.9 cm³/mol. The van der Waals surface area contributed by atoms with Crippen molar-refractivity contribution in [1.29, 1.82) is 0 Å². The third-order valence-electron chi connectivity index (χ3n) is 3.85. The number of fused-ring (bicyclic) bond motifs is 1. The lowest BCUT2D eigenvalue weighted by molar-refractivity contribution is -0.384. The number of aromatic nitrogens is 5. The van der Waals surface area contributed by atoms with Crippen molar-refractivity contribution < 1.29 is 4.92 Å². The molecule has 0 amide bonds. The van der Waals surface area contributed by atoms with Crippen molar-refractivity contribution in [2.75, 3.05) is 5.32 Å². The van der Waals surface area contributed by atoms with Gasteiger partial charge in [0, 0.05) is 18.9 Å².